The van der Waals surface area contributed by atoms with Crippen molar-refractivity contribution in [1.29, 1.82) is 0 Å². The number of hydrogen-bond donors (Lipinski definition) is 3. The van der Waals surface area contributed by atoms with E-state index in [0.717, 1.165) is 16.3 Å². The SMILES string of the molecule is COc1cc(NC(=O)NCC(O)c2cccc3ccccc23)cc(OC)c1OC. The first-order chi connectivity index (χ1) is 14.1. The minimum absolute atomic E-state index is 0.0598. The summed E-state index contributed by atoms with van der Waals surface area (Å²) in [6.07, 6.45) is -0.841. The van der Waals surface area contributed by atoms with Gasteiger partial charge in [-0.3, -0.25) is 0 Å². The van der Waals surface area contributed by atoms with Gasteiger partial charge in [-0.2, -0.15) is 0 Å². The predicted molar refractivity (Wildman–Crippen MR) is 112 cm³/mol. The number of benzene rings is 3. The number of amides is 2. The van der Waals surface area contributed by atoms with Crippen LogP contribution in [0.3, 0.4) is 0 Å². The zero-order valence-corrected chi connectivity index (χ0v) is 16.6. The van der Waals surface area contributed by atoms with E-state index in [1.807, 2.05) is 42.5 Å². The minimum atomic E-state index is -0.841. The molecule has 0 aromatic heterocycles. The highest BCUT2D eigenvalue weighted by atomic mass is 16.5. The summed E-state index contributed by atoms with van der Waals surface area (Å²) < 4.78 is 15.8. The van der Waals surface area contributed by atoms with Gasteiger partial charge in [0.25, 0.3) is 0 Å². The smallest absolute Gasteiger partial charge is 0.319 e. The van der Waals surface area contributed by atoms with Gasteiger partial charge in [0, 0.05) is 18.7 Å². The molecule has 1 unspecified atom stereocenters. The van der Waals surface area contributed by atoms with Gasteiger partial charge in [0.05, 0.1) is 33.1 Å². The molecule has 3 N–H and O–H groups in total. The van der Waals surface area contributed by atoms with Crippen LogP contribution in [-0.4, -0.2) is 39.0 Å². The normalized spacial score (nSPS) is 11.6. The topological polar surface area (TPSA) is 89.1 Å². The lowest BCUT2D eigenvalue weighted by Crippen LogP contribution is -2.32. The monoisotopic (exact) mass is 396 g/mol. The van der Waals surface area contributed by atoms with Gasteiger partial charge in [0.15, 0.2) is 11.5 Å². The minimum Gasteiger partial charge on any atom is -0.493 e. The summed E-state index contributed by atoms with van der Waals surface area (Å²) >= 11 is 0. The summed E-state index contributed by atoms with van der Waals surface area (Å²) in [5, 5.41) is 17.9. The molecule has 29 heavy (non-hydrogen) atoms. The third-order valence-electron chi connectivity index (χ3n) is 4.56. The summed E-state index contributed by atoms with van der Waals surface area (Å²) in [6.45, 7) is 0.0598. The van der Waals surface area contributed by atoms with E-state index >= 15 is 0 Å². The maximum Gasteiger partial charge on any atom is 0.319 e. The molecule has 0 aliphatic rings. The molecule has 3 rings (SSSR count). The van der Waals surface area contributed by atoms with E-state index in [9.17, 15) is 9.90 Å². The number of nitrogens with one attached hydrogen (secondary N) is 2. The molecule has 0 aliphatic carbocycles. The number of anilines is 1. The van der Waals surface area contributed by atoms with E-state index in [2.05, 4.69) is 10.6 Å². The molecule has 3 aromatic carbocycles. The molecule has 2 amide bonds. The second-order valence-electron chi connectivity index (χ2n) is 6.33. The first-order valence-corrected chi connectivity index (χ1v) is 9.08. The Balaban J connectivity index is 1.68. The molecule has 7 heteroatoms. The van der Waals surface area contributed by atoms with Crippen molar-refractivity contribution in [1.82, 2.24) is 5.32 Å². The van der Waals surface area contributed by atoms with Crippen molar-refractivity contribution in [3.63, 3.8) is 0 Å². The summed E-state index contributed by atoms with van der Waals surface area (Å²) in [7, 11) is 4.51. The van der Waals surface area contributed by atoms with E-state index in [0.29, 0.717) is 22.9 Å². The van der Waals surface area contributed by atoms with E-state index in [1.54, 1.807) is 12.1 Å². The van der Waals surface area contributed by atoms with Gasteiger partial charge < -0.3 is 30.0 Å². The Kier molecular flexibility index (Phi) is 6.41. The molecule has 0 saturated heterocycles. The molecule has 3 aromatic rings. The third-order valence-corrected chi connectivity index (χ3v) is 4.56. The lowest BCUT2D eigenvalue weighted by molar-refractivity contribution is 0.176. The Hall–Kier alpha value is -3.45. The number of urea groups is 1. The zero-order valence-electron chi connectivity index (χ0n) is 16.6. The van der Waals surface area contributed by atoms with Gasteiger partial charge in [-0.1, -0.05) is 42.5 Å². The summed E-state index contributed by atoms with van der Waals surface area (Å²) in [4.78, 5) is 12.3. The van der Waals surface area contributed by atoms with E-state index < -0.39 is 12.1 Å². The van der Waals surface area contributed by atoms with Crippen LogP contribution in [0, 0.1) is 0 Å². The molecule has 0 fully saturated rings. The molecule has 7 nitrogen and oxygen atoms in total. The van der Waals surface area contributed by atoms with Gasteiger partial charge in [-0.15, -0.1) is 0 Å². The third kappa shape index (κ3) is 4.52. The summed E-state index contributed by atoms with van der Waals surface area (Å²) in [6, 6.07) is 16.3. The Labute approximate surface area is 169 Å². The summed E-state index contributed by atoms with van der Waals surface area (Å²) in [5.41, 5.74) is 1.23. The predicted octanol–water partition coefficient (Wildman–Crippen LogP) is 3.72. The van der Waals surface area contributed by atoms with Crippen molar-refractivity contribution in [2.24, 2.45) is 0 Å². The number of rotatable bonds is 7. The number of ether oxygens (including phenoxy) is 3. The second-order valence-corrected chi connectivity index (χ2v) is 6.33. The fourth-order valence-electron chi connectivity index (χ4n) is 3.17. The van der Waals surface area contributed by atoms with Gasteiger partial charge in [-0.25, -0.2) is 4.79 Å². The molecule has 0 bridgehead atoms. The Morgan fingerprint density at radius 3 is 2.28 bits per heavy atom. The molecule has 0 aliphatic heterocycles. The molecule has 0 heterocycles. The highest BCUT2D eigenvalue weighted by Crippen LogP contribution is 2.39. The van der Waals surface area contributed by atoms with Gasteiger partial charge in [0.1, 0.15) is 0 Å². The number of carbonyl (C=O) groups is 1. The average molecular weight is 396 g/mol. The molecule has 0 radical (unpaired) electrons. The van der Waals surface area contributed by atoms with Crippen LogP contribution in [0.1, 0.15) is 11.7 Å². The molecule has 152 valence electrons. The van der Waals surface area contributed by atoms with Crippen LogP contribution in [0.2, 0.25) is 0 Å². The lowest BCUT2D eigenvalue weighted by Gasteiger charge is -2.16. The lowest BCUT2D eigenvalue weighted by atomic mass is 10.0. The van der Waals surface area contributed by atoms with Crippen LogP contribution in [-0.2, 0) is 0 Å². The van der Waals surface area contributed by atoms with E-state index in [-0.39, 0.29) is 6.54 Å². The summed E-state index contributed by atoms with van der Waals surface area (Å²) in [5.74, 6) is 1.29. The molecule has 1 atom stereocenters. The van der Waals surface area contributed by atoms with Crippen LogP contribution in [0.4, 0.5) is 10.5 Å². The second kappa shape index (κ2) is 9.16. The number of methoxy groups -OCH3 is 3. The van der Waals surface area contributed by atoms with Crippen molar-refractivity contribution >= 4 is 22.5 Å². The quantitative estimate of drug-likeness (QED) is 0.566. The van der Waals surface area contributed by atoms with Crippen LogP contribution >= 0.6 is 0 Å². The van der Waals surface area contributed by atoms with Gasteiger partial charge in [0.2, 0.25) is 5.75 Å². The van der Waals surface area contributed by atoms with Gasteiger partial charge >= 0.3 is 6.03 Å². The number of fused-ring (bicyclic) bond motifs is 1. The maximum absolute atomic E-state index is 12.3. The number of aliphatic hydroxyl groups is 1. The fourth-order valence-corrected chi connectivity index (χ4v) is 3.17. The van der Waals surface area contributed by atoms with Crippen LogP contribution < -0.4 is 24.8 Å². The van der Waals surface area contributed by atoms with Crippen molar-refractivity contribution in [3.05, 3.63) is 60.2 Å². The highest BCUT2D eigenvalue weighted by Gasteiger charge is 2.16. The highest BCUT2D eigenvalue weighted by molar-refractivity contribution is 5.90. The molecular weight excluding hydrogens is 372 g/mol. The average Bonchev–Trinajstić information content (AvgIpc) is 2.76. The first kappa shape index (κ1) is 20.3. The van der Waals surface area contributed by atoms with E-state index in [1.165, 1.54) is 21.3 Å². The van der Waals surface area contributed by atoms with Crippen LogP contribution in [0.25, 0.3) is 10.8 Å². The zero-order chi connectivity index (χ0) is 20.8. The number of carbonyl (C=O) groups excluding carboxylic acids is 1. The first-order valence-electron chi connectivity index (χ1n) is 9.08. The van der Waals surface area contributed by atoms with Crippen LogP contribution in [0.5, 0.6) is 17.2 Å². The van der Waals surface area contributed by atoms with Crippen LogP contribution in [0.15, 0.2) is 54.6 Å². The Morgan fingerprint density at radius 1 is 0.966 bits per heavy atom. The van der Waals surface area contributed by atoms with Gasteiger partial charge in [-0.05, 0) is 16.3 Å². The van der Waals surface area contributed by atoms with Crippen molar-refractivity contribution in [3.8, 4) is 17.2 Å². The maximum atomic E-state index is 12.3. The number of hydrogen-bond acceptors (Lipinski definition) is 5. The standard InChI is InChI=1S/C22H24N2O5/c1-27-19-11-15(12-20(28-2)21(19)29-3)24-22(26)23-13-18(25)17-10-6-8-14-7-4-5-9-16(14)17/h4-12,18,25H,13H2,1-3H3,(H2,23,24,26). The molecular formula is C22H24N2O5. The number of aliphatic hydroxyl groups excluding tert-OH is 1. The Morgan fingerprint density at radius 2 is 1.62 bits per heavy atom. The van der Waals surface area contributed by atoms with Crippen molar-refractivity contribution < 1.29 is 24.1 Å². The largest absolute Gasteiger partial charge is 0.493 e. The molecule has 0 saturated carbocycles. The molecule has 0 spiro atoms. The van der Waals surface area contributed by atoms with E-state index in [4.69, 9.17) is 14.2 Å². The van der Waals surface area contributed by atoms with Crippen molar-refractivity contribution in [2.45, 2.75) is 6.10 Å². The van der Waals surface area contributed by atoms with Crippen molar-refractivity contribution in [2.75, 3.05) is 33.2 Å². The Bertz CT molecular complexity index is 975. The fraction of sp³-hybridized carbons (Fsp3) is 0.227.